The van der Waals surface area contributed by atoms with Crippen molar-refractivity contribution >= 4 is 15.6 Å². The molecule has 0 N–H and O–H groups in total. The summed E-state index contributed by atoms with van der Waals surface area (Å²) in [5.41, 5.74) is 0.249. The normalized spacial score (nSPS) is 18.5. The van der Waals surface area contributed by atoms with Gasteiger partial charge in [-0.3, -0.25) is 4.79 Å². The van der Waals surface area contributed by atoms with E-state index in [1.54, 1.807) is 12.1 Å². The molecular weight excluding hydrogens is 240 g/mol. The Morgan fingerprint density at radius 2 is 1.76 bits per heavy atom. The van der Waals surface area contributed by atoms with Crippen LogP contribution >= 0.6 is 0 Å². The van der Waals surface area contributed by atoms with Gasteiger partial charge in [-0.05, 0) is 24.6 Å². The summed E-state index contributed by atoms with van der Waals surface area (Å²) >= 11 is 0. The van der Waals surface area contributed by atoms with Gasteiger partial charge in [0.2, 0.25) is 0 Å². The Morgan fingerprint density at radius 3 is 2.06 bits per heavy atom. The molecule has 5 heteroatoms. The predicted octanol–water partition coefficient (Wildman–Crippen LogP) is 0.947. The topological polar surface area (TPSA) is 60.4 Å². The van der Waals surface area contributed by atoms with E-state index in [-0.39, 0.29) is 10.7 Å². The summed E-state index contributed by atoms with van der Waals surface area (Å²) < 4.78 is 27.8. The van der Waals surface area contributed by atoms with Crippen LogP contribution in [0.25, 0.3) is 0 Å². The number of hydrogen-bond acceptors (Lipinski definition) is 4. The molecule has 0 atom stereocenters. The van der Waals surface area contributed by atoms with Gasteiger partial charge in [0, 0.05) is 6.26 Å². The molecule has 0 saturated carbocycles. The largest absolute Gasteiger partial charge is 0.378 e. The minimum Gasteiger partial charge on any atom is -0.378 e. The van der Waals surface area contributed by atoms with Gasteiger partial charge in [0.15, 0.2) is 9.84 Å². The van der Waals surface area contributed by atoms with Crippen LogP contribution in [0.4, 0.5) is 0 Å². The van der Waals surface area contributed by atoms with Crippen molar-refractivity contribution in [3.8, 4) is 0 Å². The number of benzene rings is 1. The molecule has 1 fully saturated rings. The molecule has 92 valence electrons. The molecule has 0 aliphatic carbocycles. The number of carbonyl (C=O) groups is 1. The van der Waals surface area contributed by atoms with Crippen LogP contribution in [0.15, 0.2) is 29.2 Å². The van der Waals surface area contributed by atoms with E-state index in [0.29, 0.717) is 13.2 Å². The van der Waals surface area contributed by atoms with Crippen molar-refractivity contribution < 1.29 is 17.9 Å². The van der Waals surface area contributed by atoms with Crippen LogP contribution in [0, 0.1) is 0 Å². The Hall–Kier alpha value is -1.20. The number of sulfone groups is 1. The summed E-state index contributed by atoms with van der Waals surface area (Å²) in [7, 11) is -3.19. The van der Waals surface area contributed by atoms with Crippen LogP contribution in [0.2, 0.25) is 0 Å². The van der Waals surface area contributed by atoms with Crippen molar-refractivity contribution in [2.75, 3.05) is 19.5 Å². The lowest BCUT2D eigenvalue weighted by atomic mass is 9.75. The van der Waals surface area contributed by atoms with Gasteiger partial charge in [-0.25, -0.2) is 8.42 Å². The summed E-state index contributed by atoms with van der Waals surface area (Å²) in [4.78, 5) is 11.9. The average molecular weight is 254 g/mol. The smallest absolute Gasteiger partial charge is 0.175 e. The molecule has 0 aromatic heterocycles. The fraction of sp³-hybridized carbons (Fsp3) is 0.417. The van der Waals surface area contributed by atoms with Gasteiger partial charge < -0.3 is 4.74 Å². The maximum Gasteiger partial charge on any atom is 0.175 e. The number of rotatable bonds is 3. The van der Waals surface area contributed by atoms with Crippen LogP contribution < -0.4 is 0 Å². The summed E-state index contributed by atoms with van der Waals surface area (Å²) in [5, 5.41) is 0. The van der Waals surface area contributed by atoms with Gasteiger partial charge in [0.25, 0.3) is 0 Å². The highest BCUT2D eigenvalue weighted by molar-refractivity contribution is 7.90. The molecule has 0 bridgehead atoms. The van der Waals surface area contributed by atoms with Crippen molar-refractivity contribution in [1.82, 2.24) is 0 Å². The maximum atomic E-state index is 11.6. The zero-order valence-electron chi connectivity index (χ0n) is 9.76. The Labute approximate surface area is 101 Å². The first kappa shape index (κ1) is 12.3. The molecule has 0 spiro atoms. The molecule has 1 aromatic rings. The van der Waals surface area contributed by atoms with Crippen LogP contribution in [-0.2, 0) is 24.8 Å². The van der Waals surface area contributed by atoms with Crippen molar-refractivity contribution in [2.45, 2.75) is 17.2 Å². The Kier molecular flexibility index (Phi) is 2.83. The highest BCUT2D eigenvalue weighted by Crippen LogP contribution is 2.33. The number of hydrogen-bond donors (Lipinski definition) is 0. The third kappa shape index (κ3) is 2.00. The van der Waals surface area contributed by atoms with Crippen LogP contribution in [-0.4, -0.2) is 33.7 Å². The number of carbonyl (C=O) groups excluding carboxylic acids is 1. The molecule has 4 nitrogen and oxygen atoms in total. The molecule has 17 heavy (non-hydrogen) atoms. The third-order valence-corrected chi connectivity index (χ3v) is 4.33. The molecule has 0 radical (unpaired) electrons. The highest BCUT2D eigenvalue weighted by atomic mass is 32.2. The summed E-state index contributed by atoms with van der Waals surface area (Å²) in [6, 6.07) is 6.46. The molecule has 0 unspecified atom stereocenters. The summed E-state index contributed by atoms with van der Waals surface area (Å²) in [6.07, 6.45) is 1.16. The molecule has 1 aromatic carbocycles. The molecule has 1 heterocycles. The monoisotopic (exact) mass is 254 g/mol. The van der Waals surface area contributed by atoms with E-state index in [1.165, 1.54) is 19.1 Å². The molecule has 1 aliphatic heterocycles. The third-order valence-electron chi connectivity index (χ3n) is 3.21. The quantitative estimate of drug-likeness (QED) is 0.805. The van der Waals surface area contributed by atoms with E-state index in [0.717, 1.165) is 11.8 Å². The van der Waals surface area contributed by atoms with E-state index in [4.69, 9.17) is 4.74 Å². The second-order valence-electron chi connectivity index (χ2n) is 4.43. The number of Topliss-reactive ketones (excluding diaryl/α,β-unsaturated/α-hetero) is 1. The van der Waals surface area contributed by atoms with E-state index in [2.05, 4.69) is 0 Å². The van der Waals surface area contributed by atoms with Crippen LogP contribution in [0.1, 0.15) is 12.5 Å². The fourth-order valence-corrected chi connectivity index (χ4v) is 2.53. The zero-order chi connectivity index (χ0) is 12.7. The maximum absolute atomic E-state index is 11.6. The minimum absolute atomic E-state index is 0.0517. The van der Waals surface area contributed by atoms with Gasteiger partial charge >= 0.3 is 0 Å². The lowest BCUT2D eigenvalue weighted by Gasteiger charge is -2.39. The van der Waals surface area contributed by atoms with Crippen LogP contribution in [0.3, 0.4) is 0 Å². The Balaban J connectivity index is 2.39. The SMILES string of the molecule is CC(=O)C1(c2ccc(S(C)(=O)=O)cc2)COC1. The summed E-state index contributed by atoms with van der Waals surface area (Å²) in [6.45, 7) is 2.29. The average Bonchev–Trinajstić information content (AvgIpc) is 2.14. The van der Waals surface area contributed by atoms with Crippen molar-refractivity contribution in [3.63, 3.8) is 0 Å². The van der Waals surface area contributed by atoms with Gasteiger partial charge in [-0.1, -0.05) is 12.1 Å². The van der Waals surface area contributed by atoms with Crippen molar-refractivity contribution in [2.24, 2.45) is 0 Å². The van der Waals surface area contributed by atoms with E-state index < -0.39 is 15.3 Å². The van der Waals surface area contributed by atoms with Crippen molar-refractivity contribution in [3.05, 3.63) is 29.8 Å². The highest BCUT2D eigenvalue weighted by Gasteiger charge is 2.44. The van der Waals surface area contributed by atoms with Crippen LogP contribution in [0.5, 0.6) is 0 Å². The first-order valence-corrected chi connectivity index (χ1v) is 7.15. The lowest BCUT2D eigenvalue weighted by Crippen LogP contribution is -2.52. The minimum atomic E-state index is -3.19. The number of ketones is 1. The molecular formula is C12H14O4S. The van der Waals surface area contributed by atoms with E-state index in [9.17, 15) is 13.2 Å². The van der Waals surface area contributed by atoms with Gasteiger partial charge in [-0.2, -0.15) is 0 Å². The first-order chi connectivity index (χ1) is 7.86. The Morgan fingerprint density at radius 1 is 1.24 bits per heavy atom. The molecule has 0 amide bonds. The van der Waals surface area contributed by atoms with E-state index in [1.807, 2.05) is 0 Å². The van der Waals surface area contributed by atoms with E-state index >= 15 is 0 Å². The second-order valence-corrected chi connectivity index (χ2v) is 6.44. The molecule has 2 rings (SSSR count). The molecule has 1 aliphatic rings. The molecule has 1 saturated heterocycles. The van der Waals surface area contributed by atoms with Gasteiger partial charge in [0.1, 0.15) is 11.2 Å². The fourth-order valence-electron chi connectivity index (χ4n) is 1.90. The Bertz CT molecular complexity index is 538. The van der Waals surface area contributed by atoms with Gasteiger partial charge in [0.05, 0.1) is 18.1 Å². The predicted molar refractivity (Wildman–Crippen MR) is 62.7 cm³/mol. The first-order valence-electron chi connectivity index (χ1n) is 5.26. The second kappa shape index (κ2) is 3.92. The van der Waals surface area contributed by atoms with Gasteiger partial charge in [-0.15, -0.1) is 0 Å². The zero-order valence-corrected chi connectivity index (χ0v) is 10.6. The number of ether oxygens (including phenoxy) is 1. The summed E-state index contributed by atoms with van der Waals surface area (Å²) in [5.74, 6) is 0.0517. The standard InChI is InChI=1S/C12H14O4S/c1-9(13)12(7-16-8-12)10-3-5-11(6-4-10)17(2,14)15/h3-6H,7-8H2,1-2H3. The van der Waals surface area contributed by atoms with Crippen molar-refractivity contribution in [1.29, 1.82) is 0 Å². The lowest BCUT2D eigenvalue weighted by molar-refractivity contribution is -0.140.